The zero-order valence-electron chi connectivity index (χ0n) is 14.4. The highest BCUT2D eigenvalue weighted by Gasteiger charge is 2.46. The summed E-state index contributed by atoms with van der Waals surface area (Å²) < 4.78 is 4.81. The number of imide groups is 2. The Morgan fingerprint density at radius 2 is 1.81 bits per heavy atom. The molecule has 27 heavy (non-hydrogen) atoms. The zero-order chi connectivity index (χ0) is 19.4. The van der Waals surface area contributed by atoms with Crippen LogP contribution in [0, 0.1) is 11.8 Å². The SMILES string of the molecule is O=C(COC(=O)CCN1C(=O)[C@H]2CC=CC[C@H]2C1=O)NC(=O)c1cccs1. The molecule has 1 saturated heterocycles. The summed E-state index contributed by atoms with van der Waals surface area (Å²) in [6, 6.07) is 3.24. The Labute approximate surface area is 159 Å². The van der Waals surface area contributed by atoms with E-state index in [2.05, 4.69) is 5.32 Å². The zero-order valence-corrected chi connectivity index (χ0v) is 15.2. The van der Waals surface area contributed by atoms with Gasteiger partial charge in [0.2, 0.25) is 11.8 Å². The van der Waals surface area contributed by atoms with Gasteiger partial charge in [0.25, 0.3) is 11.8 Å². The van der Waals surface area contributed by atoms with E-state index >= 15 is 0 Å². The highest BCUT2D eigenvalue weighted by Crippen LogP contribution is 2.34. The Morgan fingerprint density at radius 3 is 2.41 bits per heavy atom. The number of nitrogens with zero attached hydrogens (tertiary/aromatic N) is 1. The number of carbonyl (C=O) groups is 5. The van der Waals surface area contributed by atoms with Crippen molar-refractivity contribution in [3.05, 3.63) is 34.5 Å². The van der Waals surface area contributed by atoms with Gasteiger partial charge in [0, 0.05) is 6.54 Å². The van der Waals surface area contributed by atoms with E-state index in [0.29, 0.717) is 17.7 Å². The smallest absolute Gasteiger partial charge is 0.308 e. The van der Waals surface area contributed by atoms with Gasteiger partial charge in [0.1, 0.15) is 0 Å². The summed E-state index contributed by atoms with van der Waals surface area (Å²) in [7, 11) is 0. The molecule has 9 heteroatoms. The van der Waals surface area contributed by atoms with E-state index < -0.39 is 24.4 Å². The fourth-order valence-corrected chi connectivity index (χ4v) is 3.76. The van der Waals surface area contributed by atoms with Gasteiger partial charge in [-0.1, -0.05) is 18.2 Å². The molecule has 8 nitrogen and oxygen atoms in total. The molecule has 1 fully saturated rings. The van der Waals surface area contributed by atoms with Crippen molar-refractivity contribution in [1.29, 1.82) is 0 Å². The van der Waals surface area contributed by atoms with Crippen molar-refractivity contribution >= 4 is 40.9 Å². The second-order valence-corrected chi connectivity index (χ2v) is 7.20. The lowest BCUT2D eigenvalue weighted by Crippen LogP contribution is -2.35. The molecule has 0 unspecified atom stereocenters. The molecule has 4 amide bonds. The van der Waals surface area contributed by atoms with E-state index in [-0.39, 0.29) is 36.6 Å². The summed E-state index contributed by atoms with van der Waals surface area (Å²) in [5, 5.41) is 3.81. The van der Waals surface area contributed by atoms with Crippen molar-refractivity contribution < 1.29 is 28.7 Å². The number of amides is 4. The summed E-state index contributed by atoms with van der Waals surface area (Å²) >= 11 is 1.18. The van der Waals surface area contributed by atoms with Gasteiger partial charge in [-0.3, -0.25) is 34.2 Å². The van der Waals surface area contributed by atoms with Crippen LogP contribution in [0.2, 0.25) is 0 Å². The van der Waals surface area contributed by atoms with Gasteiger partial charge in [-0.05, 0) is 24.3 Å². The number of rotatable bonds is 6. The van der Waals surface area contributed by atoms with Crippen LogP contribution in [-0.2, 0) is 23.9 Å². The number of nitrogens with one attached hydrogen (secondary N) is 1. The molecule has 1 aromatic rings. The van der Waals surface area contributed by atoms with Crippen LogP contribution >= 0.6 is 11.3 Å². The molecule has 0 spiro atoms. The number of likely N-dealkylation sites (tertiary alicyclic amines) is 1. The number of thiophene rings is 1. The van der Waals surface area contributed by atoms with E-state index in [1.54, 1.807) is 17.5 Å². The van der Waals surface area contributed by atoms with Crippen molar-refractivity contribution in [1.82, 2.24) is 10.2 Å². The quantitative estimate of drug-likeness (QED) is 0.439. The summed E-state index contributed by atoms with van der Waals surface area (Å²) in [6.45, 7) is -0.674. The largest absolute Gasteiger partial charge is 0.456 e. The Bertz CT molecular complexity index is 775. The number of allylic oxidation sites excluding steroid dienone is 2. The first-order valence-corrected chi connectivity index (χ1v) is 9.39. The molecule has 1 aromatic heterocycles. The van der Waals surface area contributed by atoms with Crippen LogP contribution in [0.5, 0.6) is 0 Å². The summed E-state index contributed by atoms with van der Waals surface area (Å²) in [4.78, 5) is 61.2. The minimum atomic E-state index is -0.743. The van der Waals surface area contributed by atoms with Crippen LogP contribution in [0.4, 0.5) is 0 Å². The van der Waals surface area contributed by atoms with E-state index in [4.69, 9.17) is 4.74 Å². The second kappa shape index (κ2) is 8.26. The number of fused-ring (bicyclic) bond motifs is 1. The van der Waals surface area contributed by atoms with Crippen LogP contribution in [-0.4, -0.2) is 47.6 Å². The summed E-state index contributed by atoms with van der Waals surface area (Å²) in [5.74, 6) is -3.23. The number of ether oxygens (including phenoxy) is 1. The first kappa shape index (κ1) is 19.0. The lowest BCUT2D eigenvalue weighted by Gasteiger charge is -2.14. The lowest BCUT2D eigenvalue weighted by molar-refractivity contribution is -0.149. The number of hydrogen-bond acceptors (Lipinski definition) is 7. The van der Waals surface area contributed by atoms with Crippen LogP contribution < -0.4 is 5.32 Å². The van der Waals surface area contributed by atoms with Crippen molar-refractivity contribution in [2.24, 2.45) is 11.8 Å². The lowest BCUT2D eigenvalue weighted by atomic mass is 9.85. The maximum atomic E-state index is 12.3. The maximum Gasteiger partial charge on any atom is 0.308 e. The molecular formula is C18H18N2O6S. The third-order valence-corrected chi connectivity index (χ3v) is 5.37. The van der Waals surface area contributed by atoms with E-state index in [1.807, 2.05) is 12.2 Å². The predicted molar refractivity (Wildman–Crippen MR) is 94.4 cm³/mol. The minimum absolute atomic E-state index is 0.0702. The van der Waals surface area contributed by atoms with Crippen molar-refractivity contribution in [3.8, 4) is 0 Å². The van der Waals surface area contributed by atoms with Gasteiger partial charge in [-0.2, -0.15) is 0 Å². The molecule has 0 radical (unpaired) electrons. The first-order valence-electron chi connectivity index (χ1n) is 8.51. The summed E-state index contributed by atoms with van der Waals surface area (Å²) in [5.41, 5.74) is 0. The van der Waals surface area contributed by atoms with Gasteiger partial charge in [-0.25, -0.2) is 0 Å². The molecule has 2 aliphatic rings. The standard InChI is InChI=1S/C18H18N2O6S/c21-14(19-16(23)13-6-3-9-27-13)10-26-15(22)7-8-20-17(24)11-4-1-2-5-12(11)18(20)25/h1-3,6,9,11-12H,4-5,7-8,10H2,(H,19,21,23)/t11-,12+. The molecule has 0 aromatic carbocycles. The fraction of sp³-hybridized carbons (Fsp3) is 0.389. The highest BCUT2D eigenvalue weighted by molar-refractivity contribution is 7.12. The average Bonchev–Trinajstić information content (AvgIpc) is 3.28. The molecule has 2 heterocycles. The van der Waals surface area contributed by atoms with E-state index in [1.165, 1.54) is 11.3 Å². The molecule has 1 aliphatic heterocycles. The van der Waals surface area contributed by atoms with Gasteiger partial charge < -0.3 is 4.74 Å². The van der Waals surface area contributed by atoms with Crippen LogP contribution in [0.1, 0.15) is 28.9 Å². The molecule has 2 atom stereocenters. The van der Waals surface area contributed by atoms with E-state index in [9.17, 15) is 24.0 Å². The molecular weight excluding hydrogens is 372 g/mol. The highest BCUT2D eigenvalue weighted by atomic mass is 32.1. The molecule has 0 saturated carbocycles. The fourth-order valence-electron chi connectivity index (χ4n) is 3.14. The molecule has 0 bridgehead atoms. The normalized spacial score (nSPS) is 21.1. The van der Waals surface area contributed by atoms with Crippen LogP contribution in [0.15, 0.2) is 29.7 Å². The topological polar surface area (TPSA) is 110 Å². The monoisotopic (exact) mass is 390 g/mol. The van der Waals surface area contributed by atoms with Crippen molar-refractivity contribution in [2.45, 2.75) is 19.3 Å². The molecule has 3 rings (SSSR count). The second-order valence-electron chi connectivity index (χ2n) is 6.25. The molecule has 142 valence electrons. The Kier molecular flexibility index (Phi) is 5.80. The van der Waals surface area contributed by atoms with E-state index in [0.717, 1.165) is 4.90 Å². The van der Waals surface area contributed by atoms with Gasteiger partial charge in [-0.15, -0.1) is 11.3 Å². The number of hydrogen-bond donors (Lipinski definition) is 1. The molecule has 1 N–H and O–H groups in total. The predicted octanol–water partition coefficient (Wildman–Crippen LogP) is 0.889. The Hall–Kier alpha value is -2.81. The minimum Gasteiger partial charge on any atom is -0.456 e. The third kappa shape index (κ3) is 4.30. The van der Waals surface area contributed by atoms with Crippen LogP contribution in [0.25, 0.3) is 0 Å². The molecule has 1 aliphatic carbocycles. The summed E-state index contributed by atoms with van der Waals surface area (Å²) in [6.07, 6.45) is 4.65. The number of esters is 1. The van der Waals surface area contributed by atoms with Gasteiger partial charge >= 0.3 is 5.97 Å². The first-order chi connectivity index (χ1) is 13.0. The van der Waals surface area contributed by atoms with Crippen molar-refractivity contribution in [3.63, 3.8) is 0 Å². The van der Waals surface area contributed by atoms with Crippen molar-refractivity contribution in [2.75, 3.05) is 13.2 Å². The number of carbonyl (C=O) groups excluding carboxylic acids is 5. The third-order valence-electron chi connectivity index (χ3n) is 4.50. The Morgan fingerprint density at radius 1 is 1.15 bits per heavy atom. The Balaban J connectivity index is 1.41. The average molecular weight is 390 g/mol. The van der Waals surface area contributed by atoms with Gasteiger partial charge in [0.05, 0.1) is 23.1 Å². The van der Waals surface area contributed by atoms with Gasteiger partial charge in [0.15, 0.2) is 6.61 Å². The van der Waals surface area contributed by atoms with Crippen LogP contribution in [0.3, 0.4) is 0 Å². The maximum absolute atomic E-state index is 12.3.